The molecular weight excluding hydrogens is 346 g/mol. The van der Waals surface area contributed by atoms with E-state index in [1.54, 1.807) is 0 Å². The van der Waals surface area contributed by atoms with Crippen molar-refractivity contribution in [1.82, 2.24) is 0 Å². The zero-order valence-corrected chi connectivity index (χ0v) is 17.2. The van der Waals surface area contributed by atoms with Crippen LogP contribution in [-0.4, -0.2) is 57.2 Å². The van der Waals surface area contributed by atoms with Gasteiger partial charge in [-0.1, -0.05) is 64.7 Å². The molecule has 0 rings (SSSR count). The summed E-state index contributed by atoms with van der Waals surface area (Å²) < 4.78 is 0. The van der Waals surface area contributed by atoms with Crippen LogP contribution in [0.15, 0.2) is 0 Å². The van der Waals surface area contributed by atoms with Crippen LogP contribution in [0.5, 0.6) is 0 Å². The van der Waals surface area contributed by atoms with Crippen molar-refractivity contribution in [2.75, 3.05) is 13.2 Å². The van der Waals surface area contributed by atoms with Crippen molar-refractivity contribution in [3.63, 3.8) is 0 Å². The second-order valence-electron chi connectivity index (χ2n) is 7.92. The first-order valence-corrected chi connectivity index (χ1v) is 10.8. The number of ketones is 1. The molecule has 0 aliphatic carbocycles. The van der Waals surface area contributed by atoms with Crippen LogP contribution in [0.25, 0.3) is 0 Å². The summed E-state index contributed by atoms with van der Waals surface area (Å²) in [5.74, 6) is 0.403. The number of aliphatic hydroxyl groups is 4. The third-order valence-corrected chi connectivity index (χ3v) is 5.31. The van der Waals surface area contributed by atoms with Crippen LogP contribution in [0.1, 0.15) is 96.8 Å². The topological polar surface area (TPSA) is 124 Å². The van der Waals surface area contributed by atoms with E-state index >= 15 is 0 Å². The maximum absolute atomic E-state index is 11.7. The minimum Gasteiger partial charge on any atom is -0.394 e. The number of Topliss-reactive ketones (excluding diaryl/α,β-unsaturated/α-hetero) is 1. The highest BCUT2D eigenvalue weighted by atomic mass is 16.3. The number of unbranched alkanes of at least 4 members (excludes halogenated alkanes) is 9. The van der Waals surface area contributed by atoms with Crippen LogP contribution in [-0.2, 0) is 4.79 Å². The molecular formula is C21H43NO5. The predicted molar refractivity (Wildman–Crippen MR) is 108 cm³/mol. The maximum atomic E-state index is 11.7. The van der Waals surface area contributed by atoms with Gasteiger partial charge in [-0.3, -0.25) is 4.79 Å². The van der Waals surface area contributed by atoms with Crippen molar-refractivity contribution < 1.29 is 25.2 Å². The van der Waals surface area contributed by atoms with E-state index in [2.05, 4.69) is 6.92 Å². The van der Waals surface area contributed by atoms with E-state index < -0.39 is 31.0 Å². The molecule has 2 unspecified atom stereocenters. The minimum atomic E-state index is -1.56. The van der Waals surface area contributed by atoms with Crippen molar-refractivity contribution in [3.05, 3.63) is 0 Å². The molecule has 0 bridgehead atoms. The van der Waals surface area contributed by atoms with E-state index in [9.17, 15) is 15.0 Å². The highest BCUT2D eigenvalue weighted by molar-refractivity contribution is 5.78. The largest absolute Gasteiger partial charge is 0.394 e. The van der Waals surface area contributed by atoms with E-state index in [-0.39, 0.29) is 0 Å². The number of carbonyl (C=O) groups excluding carboxylic acids is 1. The van der Waals surface area contributed by atoms with Gasteiger partial charge in [-0.15, -0.1) is 0 Å². The minimum absolute atomic E-state index is 0.395. The van der Waals surface area contributed by atoms with Gasteiger partial charge in [0, 0.05) is 12.8 Å². The van der Waals surface area contributed by atoms with Gasteiger partial charge in [0.05, 0.1) is 24.9 Å². The molecule has 0 saturated heterocycles. The fourth-order valence-corrected chi connectivity index (χ4v) is 3.21. The Morgan fingerprint density at radius 3 is 1.74 bits per heavy atom. The molecule has 0 radical (unpaired) electrons. The van der Waals surface area contributed by atoms with Gasteiger partial charge in [0.2, 0.25) is 0 Å². The molecule has 0 fully saturated rings. The van der Waals surface area contributed by atoms with Gasteiger partial charge in [-0.25, -0.2) is 0 Å². The van der Waals surface area contributed by atoms with Crippen LogP contribution in [0.2, 0.25) is 0 Å². The molecule has 0 amide bonds. The SMILES string of the molecule is CCCCCCC(=O)CCCCCCCCCC(O)C(O)C(N)(CO)CO. The van der Waals surface area contributed by atoms with Gasteiger partial charge >= 0.3 is 0 Å². The van der Waals surface area contributed by atoms with E-state index in [0.29, 0.717) is 18.6 Å². The van der Waals surface area contributed by atoms with Crippen molar-refractivity contribution in [2.45, 2.75) is 115 Å². The Labute approximate surface area is 165 Å². The number of aliphatic hydroxyl groups excluding tert-OH is 4. The lowest BCUT2D eigenvalue weighted by Gasteiger charge is -2.33. The highest BCUT2D eigenvalue weighted by Crippen LogP contribution is 2.17. The molecule has 2 atom stereocenters. The summed E-state index contributed by atoms with van der Waals surface area (Å²) >= 11 is 0. The number of rotatable bonds is 19. The molecule has 6 nitrogen and oxygen atoms in total. The zero-order valence-electron chi connectivity index (χ0n) is 17.2. The van der Waals surface area contributed by atoms with Crippen LogP contribution in [0.3, 0.4) is 0 Å². The molecule has 0 saturated carbocycles. The van der Waals surface area contributed by atoms with Crippen molar-refractivity contribution in [3.8, 4) is 0 Å². The molecule has 27 heavy (non-hydrogen) atoms. The first-order chi connectivity index (χ1) is 12.9. The summed E-state index contributed by atoms with van der Waals surface area (Å²) in [6.45, 7) is 1.01. The van der Waals surface area contributed by atoms with Gasteiger partial charge in [-0.05, 0) is 19.3 Å². The lowest BCUT2D eigenvalue weighted by atomic mass is 9.89. The quantitative estimate of drug-likeness (QED) is 0.216. The fourth-order valence-electron chi connectivity index (χ4n) is 3.21. The second kappa shape index (κ2) is 16.4. The molecule has 0 aromatic carbocycles. The summed E-state index contributed by atoms with van der Waals surface area (Å²) in [5.41, 5.74) is 4.10. The summed E-state index contributed by atoms with van der Waals surface area (Å²) in [4.78, 5) is 11.7. The Morgan fingerprint density at radius 2 is 1.26 bits per heavy atom. The third-order valence-electron chi connectivity index (χ3n) is 5.31. The summed E-state index contributed by atoms with van der Waals surface area (Å²) in [5, 5.41) is 38.2. The summed E-state index contributed by atoms with van der Waals surface area (Å²) in [7, 11) is 0. The summed E-state index contributed by atoms with van der Waals surface area (Å²) in [6.07, 6.45) is 11.2. The number of hydrogen-bond acceptors (Lipinski definition) is 6. The fraction of sp³-hybridized carbons (Fsp3) is 0.952. The molecule has 0 heterocycles. The molecule has 6 heteroatoms. The molecule has 0 spiro atoms. The van der Waals surface area contributed by atoms with E-state index in [1.807, 2.05) is 0 Å². The Balaban J connectivity index is 3.55. The van der Waals surface area contributed by atoms with Gasteiger partial charge in [0.1, 0.15) is 11.9 Å². The first-order valence-electron chi connectivity index (χ1n) is 10.8. The van der Waals surface area contributed by atoms with Crippen molar-refractivity contribution >= 4 is 5.78 Å². The van der Waals surface area contributed by atoms with E-state index in [1.165, 1.54) is 19.3 Å². The smallest absolute Gasteiger partial charge is 0.132 e. The molecule has 0 aliphatic heterocycles. The average molecular weight is 390 g/mol. The lowest BCUT2D eigenvalue weighted by Crippen LogP contribution is -2.61. The van der Waals surface area contributed by atoms with Crippen LogP contribution in [0, 0.1) is 0 Å². The van der Waals surface area contributed by atoms with Crippen molar-refractivity contribution in [2.24, 2.45) is 5.73 Å². The Hall–Kier alpha value is -0.530. The first kappa shape index (κ1) is 26.5. The molecule has 0 aromatic heterocycles. The monoisotopic (exact) mass is 389 g/mol. The third kappa shape index (κ3) is 12.5. The maximum Gasteiger partial charge on any atom is 0.132 e. The Bertz CT molecular complexity index is 360. The average Bonchev–Trinajstić information content (AvgIpc) is 2.68. The number of hydrogen-bond donors (Lipinski definition) is 5. The zero-order chi connectivity index (χ0) is 20.5. The van der Waals surface area contributed by atoms with Gasteiger partial charge in [0.25, 0.3) is 0 Å². The highest BCUT2D eigenvalue weighted by Gasteiger charge is 2.37. The van der Waals surface area contributed by atoms with E-state index in [4.69, 9.17) is 15.9 Å². The summed E-state index contributed by atoms with van der Waals surface area (Å²) in [6, 6.07) is 0. The van der Waals surface area contributed by atoms with Crippen molar-refractivity contribution in [1.29, 1.82) is 0 Å². The number of nitrogens with two attached hydrogens (primary N) is 1. The Morgan fingerprint density at radius 1 is 0.815 bits per heavy atom. The predicted octanol–water partition coefficient (Wildman–Crippen LogP) is 2.44. The molecule has 162 valence electrons. The standard InChI is InChI=1S/C21H43NO5/c1-2-3-4-10-13-18(25)14-11-8-6-5-7-9-12-15-19(26)20(27)21(22,16-23)17-24/h19-20,23-24,26-27H,2-17,22H2,1H3. The molecule has 0 aliphatic rings. The van der Waals surface area contributed by atoms with Gasteiger partial charge in [0.15, 0.2) is 0 Å². The van der Waals surface area contributed by atoms with Crippen LogP contribution >= 0.6 is 0 Å². The normalized spacial score (nSPS) is 14.3. The Kier molecular flexibility index (Phi) is 16.1. The van der Waals surface area contributed by atoms with Crippen LogP contribution < -0.4 is 5.73 Å². The van der Waals surface area contributed by atoms with Crippen LogP contribution in [0.4, 0.5) is 0 Å². The van der Waals surface area contributed by atoms with E-state index in [0.717, 1.165) is 57.8 Å². The molecule has 6 N–H and O–H groups in total. The van der Waals surface area contributed by atoms with Gasteiger partial charge in [-0.2, -0.15) is 0 Å². The second-order valence-corrected chi connectivity index (χ2v) is 7.92. The molecule has 0 aromatic rings. The lowest BCUT2D eigenvalue weighted by molar-refractivity contribution is -0.119. The van der Waals surface area contributed by atoms with Gasteiger partial charge < -0.3 is 26.2 Å². The number of carbonyl (C=O) groups is 1.